The Labute approximate surface area is 179 Å². The first kappa shape index (κ1) is 22.2. The van der Waals surface area contributed by atoms with Gasteiger partial charge in [-0.25, -0.2) is 0 Å². The summed E-state index contributed by atoms with van der Waals surface area (Å²) in [5, 5.41) is 4.72. The molecule has 0 aliphatic carbocycles. The number of ether oxygens (including phenoxy) is 1. The maximum absolute atomic E-state index is 12.3. The van der Waals surface area contributed by atoms with E-state index in [1.165, 1.54) is 0 Å². The number of carbonyl (C=O) groups excluding carboxylic acids is 1. The van der Waals surface area contributed by atoms with Crippen LogP contribution in [-0.4, -0.2) is 24.3 Å². The zero-order chi connectivity index (χ0) is 19.8. The Morgan fingerprint density at radius 3 is 2.52 bits per heavy atom. The van der Waals surface area contributed by atoms with E-state index in [2.05, 4.69) is 5.32 Å². The second-order valence-corrected chi connectivity index (χ2v) is 8.34. The molecular weight excluding hydrogens is 425 g/mol. The van der Waals surface area contributed by atoms with Crippen LogP contribution in [0.3, 0.4) is 0 Å². The van der Waals surface area contributed by atoms with Gasteiger partial charge in [-0.15, -0.1) is 0 Å². The topological polar surface area (TPSA) is 38.3 Å². The summed E-state index contributed by atoms with van der Waals surface area (Å²) in [5.74, 6) is 2.14. The highest BCUT2D eigenvalue weighted by Crippen LogP contribution is 2.25. The van der Waals surface area contributed by atoms with E-state index in [1.54, 1.807) is 30.0 Å². The Morgan fingerprint density at radius 1 is 1.11 bits per heavy atom. The number of aryl methyl sites for hydroxylation is 1. The number of halogens is 3. The van der Waals surface area contributed by atoms with Crippen molar-refractivity contribution in [2.24, 2.45) is 0 Å². The molecule has 2 rings (SSSR count). The van der Waals surface area contributed by atoms with E-state index < -0.39 is 6.10 Å². The van der Waals surface area contributed by atoms with Crippen LogP contribution in [0.15, 0.2) is 36.4 Å². The molecule has 0 unspecified atom stereocenters. The van der Waals surface area contributed by atoms with Gasteiger partial charge in [-0.1, -0.05) is 47.8 Å². The SMILES string of the molecule is CC[C@@H](Oc1ccc(Cl)c(C)c1)C(=O)NCCSCc1ccc(Cl)c(Cl)c1. The van der Waals surface area contributed by atoms with E-state index in [0.717, 1.165) is 22.6 Å². The van der Waals surface area contributed by atoms with Gasteiger partial charge in [0.05, 0.1) is 10.0 Å². The highest BCUT2D eigenvalue weighted by atomic mass is 35.5. The Morgan fingerprint density at radius 2 is 1.85 bits per heavy atom. The molecule has 3 nitrogen and oxygen atoms in total. The van der Waals surface area contributed by atoms with E-state index in [-0.39, 0.29) is 5.91 Å². The number of hydrogen-bond donors (Lipinski definition) is 1. The van der Waals surface area contributed by atoms with Crippen molar-refractivity contribution >= 4 is 52.5 Å². The molecule has 0 saturated carbocycles. The molecule has 1 N–H and O–H groups in total. The predicted octanol–water partition coefficient (Wildman–Crippen LogP) is 6.16. The molecule has 0 heterocycles. The average Bonchev–Trinajstić information content (AvgIpc) is 2.65. The first-order valence-electron chi connectivity index (χ1n) is 8.63. The molecule has 0 fully saturated rings. The molecular formula is C20H22Cl3NO2S. The van der Waals surface area contributed by atoms with Crippen LogP contribution < -0.4 is 10.1 Å². The lowest BCUT2D eigenvalue weighted by Gasteiger charge is -2.17. The fourth-order valence-electron chi connectivity index (χ4n) is 2.36. The van der Waals surface area contributed by atoms with Crippen LogP contribution in [-0.2, 0) is 10.5 Å². The molecule has 27 heavy (non-hydrogen) atoms. The third kappa shape index (κ3) is 7.11. The molecule has 1 atom stereocenters. The lowest BCUT2D eigenvalue weighted by atomic mass is 10.2. The van der Waals surface area contributed by atoms with Gasteiger partial charge in [0.15, 0.2) is 6.10 Å². The van der Waals surface area contributed by atoms with Crippen LogP contribution in [0.1, 0.15) is 24.5 Å². The Bertz CT molecular complexity index is 786. The average molecular weight is 447 g/mol. The van der Waals surface area contributed by atoms with E-state index in [1.807, 2.05) is 32.0 Å². The van der Waals surface area contributed by atoms with E-state index in [9.17, 15) is 4.79 Å². The van der Waals surface area contributed by atoms with Crippen LogP contribution >= 0.6 is 46.6 Å². The Balaban J connectivity index is 1.74. The lowest BCUT2D eigenvalue weighted by Crippen LogP contribution is -2.39. The van der Waals surface area contributed by atoms with Gasteiger partial charge in [0.1, 0.15) is 5.75 Å². The van der Waals surface area contributed by atoms with Gasteiger partial charge < -0.3 is 10.1 Å². The molecule has 0 radical (unpaired) electrons. The number of benzene rings is 2. The first-order valence-corrected chi connectivity index (χ1v) is 10.9. The fraction of sp³-hybridized carbons (Fsp3) is 0.350. The summed E-state index contributed by atoms with van der Waals surface area (Å²) in [6, 6.07) is 11.0. The van der Waals surface area contributed by atoms with E-state index in [0.29, 0.717) is 33.8 Å². The van der Waals surface area contributed by atoms with Crippen molar-refractivity contribution in [1.82, 2.24) is 5.32 Å². The van der Waals surface area contributed by atoms with Crippen LogP contribution in [0.2, 0.25) is 15.1 Å². The van der Waals surface area contributed by atoms with Gasteiger partial charge in [0.2, 0.25) is 0 Å². The van der Waals surface area contributed by atoms with Gasteiger partial charge in [0, 0.05) is 23.1 Å². The molecule has 2 aromatic carbocycles. The Kier molecular flexibility index (Phi) is 9.10. The fourth-order valence-corrected chi connectivity index (χ4v) is 3.60. The number of thioether (sulfide) groups is 1. The van der Waals surface area contributed by atoms with E-state index >= 15 is 0 Å². The van der Waals surface area contributed by atoms with Crippen molar-refractivity contribution in [2.75, 3.05) is 12.3 Å². The monoisotopic (exact) mass is 445 g/mol. The summed E-state index contributed by atoms with van der Waals surface area (Å²) in [5.41, 5.74) is 2.02. The summed E-state index contributed by atoms with van der Waals surface area (Å²) < 4.78 is 5.81. The zero-order valence-electron chi connectivity index (χ0n) is 15.2. The normalized spacial score (nSPS) is 11.9. The molecule has 0 bridgehead atoms. The van der Waals surface area contributed by atoms with Crippen molar-refractivity contribution < 1.29 is 9.53 Å². The number of rotatable bonds is 9. The third-order valence-corrected chi connectivity index (χ3v) is 6.06. The largest absolute Gasteiger partial charge is 0.481 e. The highest BCUT2D eigenvalue weighted by Gasteiger charge is 2.18. The highest BCUT2D eigenvalue weighted by molar-refractivity contribution is 7.98. The minimum Gasteiger partial charge on any atom is -0.481 e. The molecule has 1 amide bonds. The quantitative estimate of drug-likeness (QED) is 0.469. The van der Waals surface area contributed by atoms with Crippen molar-refractivity contribution in [3.63, 3.8) is 0 Å². The van der Waals surface area contributed by atoms with Gasteiger partial charge in [-0.05, 0) is 54.8 Å². The van der Waals surface area contributed by atoms with Gasteiger partial charge >= 0.3 is 0 Å². The minimum atomic E-state index is -0.523. The van der Waals surface area contributed by atoms with Crippen LogP contribution in [0.5, 0.6) is 5.75 Å². The van der Waals surface area contributed by atoms with Crippen molar-refractivity contribution in [3.8, 4) is 5.75 Å². The smallest absolute Gasteiger partial charge is 0.261 e. The van der Waals surface area contributed by atoms with Crippen molar-refractivity contribution in [2.45, 2.75) is 32.1 Å². The Hall–Kier alpha value is -1.07. The summed E-state index contributed by atoms with van der Waals surface area (Å²) in [6.45, 7) is 4.40. The lowest BCUT2D eigenvalue weighted by molar-refractivity contribution is -0.127. The molecule has 7 heteroatoms. The van der Waals surface area contributed by atoms with Gasteiger partial charge in [-0.3, -0.25) is 4.79 Å². The first-order chi connectivity index (χ1) is 12.9. The molecule has 146 valence electrons. The number of nitrogens with one attached hydrogen (secondary N) is 1. The number of carbonyl (C=O) groups is 1. The van der Waals surface area contributed by atoms with Gasteiger partial charge in [-0.2, -0.15) is 11.8 Å². The number of amides is 1. The summed E-state index contributed by atoms with van der Waals surface area (Å²) in [7, 11) is 0. The summed E-state index contributed by atoms with van der Waals surface area (Å²) in [4.78, 5) is 12.3. The van der Waals surface area contributed by atoms with E-state index in [4.69, 9.17) is 39.5 Å². The molecule has 0 aromatic heterocycles. The molecule has 0 saturated heterocycles. The summed E-state index contributed by atoms with van der Waals surface area (Å²) in [6.07, 6.45) is 0.0647. The van der Waals surface area contributed by atoms with Crippen LogP contribution in [0.25, 0.3) is 0 Å². The van der Waals surface area contributed by atoms with Crippen molar-refractivity contribution in [1.29, 1.82) is 0 Å². The van der Waals surface area contributed by atoms with Gasteiger partial charge in [0.25, 0.3) is 5.91 Å². The maximum atomic E-state index is 12.3. The van der Waals surface area contributed by atoms with Crippen molar-refractivity contribution in [3.05, 3.63) is 62.6 Å². The third-order valence-electron chi connectivity index (χ3n) is 3.87. The minimum absolute atomic E-state index is 0.111. The second kappa shape index (κ2) is 11.1. The second-order valence-electron chi connectivity index (χ2n) is 6.02. The number of hydrogen-bond acceptors (Lipinski definition) is 3. The molecule has 2 aromatic rings. The van der Waals surface area contributed by atoms with Crippen LogP contribution in [0, 0.1) is 6.92 Å². The van der Waals surface area contributed by atoms with Crippen LogP contribution in [0.4, 0.5) is 0 Å². The standard InChI is InChI=1S/C20H22Cl3NO2S/c1-3-19(26-15-5-7-16(21)13(2)10-15)20(25)24-8-9-27-12-14-4-6-17(22)18(23)11-14/h4-7,10-11,19H,3,8-9,12H2,1-2H3,(H,24,25)/t19-/m1/s1. The predicted molar refractivity (Wildman–Crippen MR) is 117 cm³/mol. The maximum Gasteiger partial charge on any atom is 0.261 e. The summed E-state index contributed by atoms with van der Waals surface area (Å²) >= 11 is 19.7. The zero-order valence-corrected chi connectivity index (χ0v) is 18.3. The molecule has 0 aliphatic heterocycles. The molecule has 0 aliphatic rings. The molecule has 0 spiro atoms.